The number of amidine groups is 1. The van der Waals surface area contributed by atoms with Gasteiger partial charge < -0.3 is 15.1 Å². The first-order valence-electron chi connectivity index (χ1n) is 9.91. The Morgan fingerprint density at radius 3 is 2.55 bits per heavy atom. The van der Waals surface area contributed by atoms with E-state index in [9.17, 15) is 13.2 Å². The summed E-state index contributed by atoms with van der Waals surface area (Å²) in [5, 5.41) is 13.5. The van der Waals surface area contributed by atoms with Crippen LogP contribution in [0.25, 0.3) is 11.5 Å². The van der Waals surface area contributed by atoms with Crippen molar-refractivity contribution in [3.8, 4) is 11.5 Å². The van der Waals surface area contributed by atoms with E-state index in [4.69, 9.17) is 4.42 Å². The molecule has 9 nitrogen and oxygen atoms in total. The lowest BCUT2D eigenvalue weighted by molar-refractivity contribution is 0.102. The fourth-order valence-corrected chi connectivity index (χ4v) is 4.60. The number of benzene rings is 3. The highest BCUT2D eigenvalue weighted by Crippen LogP contribution is 2.27. The van der Waals surface area contributed by atoms with Gasteiger partial charge in [-0.1, -0.05) is 18.2 Å². The fraction of sp³-hybridized carbons (Fsp3) is 0.0435. The van der Waals surface area contributed by atoms with E-state index in [1.54, 1.807) is 48.5 Å². The molecule has 0 fully saturated rings. The number of nitrogens with one attached hydrogen (secondary N) is 2. The molecule has 2 N–H and O–H groups in total. The van der Waals surface area contributed by atoms with Crippen LogP contribution in [0.1, 0.15) is 21.5 Å². The third-order valence-electron chi connectivity index (χ3n) is 5.13. The lowest BCUT2D eigenvalue weighted by Gasteiger charge is -2.11. The standard InChI is InChI=1S/C23H17N5O4S/c1-14-6-7-16(23-27-24-13-32-23)12-19(14)26-22(29)15-8-10-17(11-9-15)25-21-18-4-2-3-5-20(18)33(30,31)28-21/h2-13H,1H3,(H,25,28)(H,26,29). The highest BCUT2D eigenvalue weighted by molar-refractivity contribution is 7.90. The van der Waals surface area contributed by atoms with Gasteiger partial charge in [0, 0.05) is 28.1 Å². The maximum Gasteiger partial charge on any atom is 0.285 e. The van der Waals surface area contributed by atoms with Crippen LogP contribution in [-0.2, 0) is 10.0 Å². The third-order valence-corrected chi connectivity index (χ3v) is 6.47. The zero-order chi connectivity index (χ0) is 23.0. The molecule has 0 spiro atoms. The average molecular weight is 459 g/mol. The number of rotatable bonds is 4. The van der Waals surface area contributed by atoms with Crippen LogP contribution >= 0.6 is 0 Å². The second-order valence-electron chi connectivity index (χ2n) is 7.34. The number of aromatic nitrogens is 2. The monoisotopic (exact) mass is 459 g/mol. The Morgan fingerprint density at radius 2 is 1.79 bits per heavy atom. The second kappa shape index (κ2) is 7.99. The number of aryl methyl sites for hydroxylation is 1. The van der Waals surface area contributed by atoms with Crippen LogP contribution in [-0.4, -0.2) is 30.4 Å². The van der Waals surface area contributed by atoms with Crippen LogP contribution in [0.3, 0.4) is 0 Å². The summed E-state index contributed by atoms with van der Waals surface area (Å²) in [6.07, 6.45) is 1.24. The average Bonchev–Trinajstić information content (AvgIpc) is 3.43. The third kappa shape index (κ3) is 3.99. The minimum Gasteiger partial charge on any atom is -0.423 e. The Bertz CT molecular complexity index is 1490. The van der Waals surface area contributed by atoms with E-state index in [-0.39, 0.29) is 16.6 Å². The zero-order valence-corrected chi connectivity index (χ0v) is 18.1. The van der Waals surface area contributed by atoms with Gasteiger partial charge in [-0.15, -0.1) is 14.6 Å². The van der Waals surface area contributed by atoms with E-state index >= 15 is 0 Å². The molecule has 5 rings (SSSR count). The summed E-state index contributed by atoms with van der Waals surface area (Å²) in [7, 11) is -3.71. The predicted octanol–water partition coefficient (Wildman–Crippen LogP) is 3.86. The number of carbonyl (C=O) groups is 1. The van der Waals surface area contributed by atoms with Crippen molar-refractivity contribution in [2.75, 3.05) is 10.6 Å². The minimum absolute atomic E-state index is 0.168. The second-order valence-corrected chi connectivity index (χ2v) is 8.91. The molecule has 0 saturated heterocycles. The summed E-state index contributed by atoms with van der Waals surface area (Å²) >= 11 is 0. The van der Waals surface area contributed by atoms with Crippen LogP contribution in [0.4, 0.5) is 11.4 Å². The molecular formula is C23H17N5O4S. The van der Waals surface area contributed by atoms with E-state index in [1.807, 2.05) is 19.1 Å². The Kier molecular flexibility index (Phi) is 4.98. The molecule has 1 aliphatic rings. The number of nitrogens with zero attached hydrogens (tertiary/aromatic N) is 3. The molecule has 0 bridgehead atoms. The molecule has 3 aromatic carbocycles. The van der Waals surface area contributed by atoms with E-state index < -0.39 is 10.0 Å². The normalized spacial score (nSPS) is 13.8. The summed E-state index contributed by atoms with van der Waals surface area (Å²) in [5.41, 5.74) is 3.75. The number of hydrogen-bond acceptors (Lipinski definition) is 7. The van der Waals surface area contributed by atoms with E-state index in [2.05, 4.69) is 25.2 Å². The highest BCUT2D eigenvalue weighted by atomic mass is 32.2. The van der Waals surface area contributed by atoms with Crippen molar-refractivity contribution < 1.29 is 17.6 Å². The molecule has 0 saturated carbocycles. The van der Waals surface area contributed by atoms with Gasteiger partial charge in [0.1, 0.15) is 4.90 Å². The van der Waals surface area contributed by atoms with Crippen LogP contribution in [0.5, 0.6) is 0 Å². The van der Waals surface area contributed by atoms with Gasteiger partial charge in [-0.2, -0.15) is 8.42 Å². The highest BCUT2D eigenvalue weighted by Gasteiger charge is 2.28. The molecule has 1 aliphatic heterocycles. The lowest BCUT2D eigenvalue weighted by Crippen LogP contribution is -2.14. The molecule has 1 amide bonds. The number of fused-ring (bicyclic) bond motifs is 1. The van der Waals surface area contributed by atoms with Crippen molar-refractivity contribution in [1.82, 2.24) is 10.2 Å². The molecule has 10 heteroatoms. The van der Waals surface area contributed by atoms with E-state index in [0.29, 0.717) is 34.0 Å². The van der Waals surface area contributed by atoms with E-state index in [1.165, 1.54) is 12.5 Å². The molecular weight excluding hydrogens is 442 g/mol. The molecule has 2 heterocycles. The van der Waals surface area contributed by atoms with Crippen LogP contribution in [0.15, 0.2) is 86.8 Å². The molecule has 164 valence electrons. The van der Waals surface area contributed by atoms with Crippen LogP contribution < -0.4 is 10.6 Å². The summed E-state index contributed by atoms with van der Waals surface area (Å²) in [6, 6.07) is 18.7. The summed E-state index contributed by atoms with van der Waals surface area (Å²) in [6.45, 7) is 1.88. The topological polar surface area (TPSA) is 127 Å². The zero-order valence-electron chi connectivity index (χ0n) is 17.3. The quantitative estimate of drug-likeness (QED) is 0.474. The number of hydrogen-bond donors (Lipinski definition) is 2. The number of amides is 1. The predicted molar refractivity (Wildman–Crippen MR) is 123 cm³/mol. The number of carbonyl (C=O) groups excluding carboxylic acids is 1. The summed E-state index contributed by atoms with van der Waals surface area (Å²) in [4.78, 5) is 13.0. The van der Waals surface area contributed by atoms with Crippen LogP contribution in [0.2, 0.25) is 0 Å². The van der Waals surface area contributed by atoms with Crippen molar-refractivity contribution >= 4 is 33.1 Å². The van der Waals surface area contributed by atoms with Gasteiger partial charge in [-0.25, -0.2) is 0 Å². The first kappa shape index (κ1) is 20.6. The first-order chi connectivity index (χ1) is 15.9. The SMILES string of the molecule is Cc1ccc(-c2nnco2)cc1NC(=O)c1ccc(NC2=NS(=O)(=O)c3ccccc32)cc1. The van der Waals surface area contributed by atoms with Gasteiger partial charge in [-0.3, -0.25) is 4.79 Å². The van der Waals surface area contributed by atoms with Gasteiger partial charge in [0.05, 0.1) is 0 Å². The van der Waals surface area contributed by atoms with Gasteiger partial charge >= 0.3 is 0 Å². The van der Waals surface area contributed by atoms with Gasteiger partial charge in [0.25, 0.3) is 15.9 Å². The molecule has 1 aromatic heterocycles. The number of sulfonamides is 1. The number of anilines is 2. The largest absolute Gasteiger partial charge is 0.423 e. The minimum atomic E-state index is -3.71. The van der Waals surface area contributed by atoms with Crippen molar-refractivity contribution in [3.05, 3.63) is 89.8 Å². The van der Waals surface area contributed by atoms with Crippen LogP contribution in [0, 0.1) is 6.92 Å². The van der Waals surface area contributed by atoms with Crippen molar-refractivity contribution in [1.29, 1.82) is 0 Å². The Balaban J connectivity index is 1.33. The molecule has 4 aromatic rings. The molecule has 33 heavy (non-hydrogen) atoms. The first-order valence-corrected chi connectivity index (χ1v) is 11.3. The lowest BCUT2D eigenvalue weighted by atomic mass is 10.1. The van der Waals surface area contributed by atoms with Crippen molar-refractivity contribution in [2.24, 2.45) is 4.40 Å². The van der Waals surface area contributed by atoms with E-state index in [0.717, 1.165) is 5.56 Å². The maximum absolute atomic E-state index is 12.8. The molecule has 0 aliphatic carbocycles. The smallest absolute Gasteiger partial charge is 0.285 e. The summed E-state index contributed by atoms with van der Waals surface area (Å²) < 4.78 is 33.4. The molecule has 0 atom stereocenters. The maximum atomic E-state index is 12.8. The molecule has 0 unspecified atom stereocenters. The van der Waals surface area contributed by atoms with Crippen molar-refractivity contribution in [2.45, 2.75) is 11.8 Å². The van der Waals surface area contributed by atoms with Gasteiger partial charge in [0.15, 0.2) is 5.84 Å². The summed E-state index contributed by atoms with van der Waals surface area (Å²) in [5.74, 6) is 0.314. The Hall–Kier alpha value is -4.31. The fourth-order valence-electron chi connectivity index (χ4n) is 3.42. The van der Waals surface area contributed by atoms with Crippen molar-refractivity contribution in [3.63, 3.8) is 0 Å². The molecule has 0 radical (unpaired) electrons. The van der Waals surface area contributed by atoms with Gasteiger partial charge in [-0.05, 0) is 61.0 Å². The van der Waals surface area contributed by atoms with Gasteiger partial charge in [0.2, 0.25) is 12.3 Å². The Labute approximate surface area is 189 Å². The Morgan fingerprint density at radius 1 is 1.00 bits per heavy atom.